The van der Waals surface area contributed by atoms with Gasteiger partial charge in [-0.3, -0.25) is 0 Å². The molecule has 10 heteroatoms. The number of aliphatic hydroxyl groups is 2. The number of hydrogen-bond acceptors (Lipinski definition) is 6. The van der Waals surface area contributed by atoms with E-state index in [1.165, 1.54) is 21.3 Å². The van der Waals surface area contributed by atoms with Gasteiger partial charge in [-0.15, -0.1) is 0 Å². The van der Waals surface area contributed by atoms with E-state index in [0.29, 0.717) is 5.56 Å². The molecule has 0 spiro atoms. The van der Waals surface area contributed by atoms with E-state index in [9.17, 15) is 23.4 Å². The number of rotatable bonds is 5. The fourth-order valence-corrected chi connectivity index (χ4v) is 5.28. The van der Waals surface area contributed by atoms with E-state index in [-0.39, 0.29) is 48.3 Å². The van der Waals surface area contributed by atoms with Crippen LogP contribution in [0.4, 0.5) is 4.79 Å². The topological polar surface area (TPSA) is 119 Å². The number of ether oxygens (including phenoxy) is 1. The lowest BCUT2D eigenvalue weighted by Crippen LogP contribution is -2.51. The first-order valence-corrected chi connectivity index (χ1v) is 12.8. The molecule has 1 aliphatic rings. The molecule has 0 radical (unpaired) electrons. The van der Waals surface area contributed by atoms with Gasteiger partial charge in [0.05, 0.1) is 13.2 Å². The highest BCUT2D eigenvalue weighted by Gasteiger charge is 2.38. The van der Waals surface area contributed by atoms with Crippen molar-refractivity contribution in [3.05, 3.63) is 23.8 Å². The Morgan fingerprint density at radius 1 is 1.35 bits per heavy atom. The van der Waals surface area contributed by atoms with Gasteiger partial charge < -0.3 is 25.2 Å². The summed E-state index contributed by atoms with van der Waals surface area (Å²) in [7, 11) is -2.32. The average Bonchev–Trinajstić information content (AvgIpc) is 2.73. The number of hydrogen-bond donors (Lipinski definition) is 3. The lowest BCUT2D eigenvalue weighted by molar-refractivity contribution is 0.0809. The van der Waals surface area contributed by atoms with Crippen molar-refractivity contribution in [1.29, 1.82) is 0 Å². The molecule has 0 aromatic heterocycles. The Kier molecular flexibility index (Phi) is 8.99. The minimum Gasteiger partial charge on any atom is -0.487 e. The molecule has 0 saturated heterocycles. The third kappa shape index (κ3) is 7.09. The summed E-state index contributed by atoms with van der Waals surface area (Å²) in [4.78, 5) is 13.9. The quantitative estimate of drug-likeness (QED) is 0.534. The van der Waals surface area contributed by atoms with Gasteiger partial charge >= 0.3 is 6.03 Å². The molecule has 9 nitrogen and oxygen atoms in total. The molecule has 0 unspecified atom stereocenters. The molecular weight excluding hydrogens is 458 g/mol. The van der Waals surface area contributed by atoms with Crippen LogP contribution in [0.25, 0.3) is 0 Å². The van der Waals surface area contributed by atoms with Gasteiger partial charge in [0.15, 0.2) is 0 Å². The number of sulfonamides is 1. The minimum atomic E-state index is -3.97. The summed E-state index contributed by atoms with van der Waals surface area (Å²) in [5, 5.41) is 22.5. The van der Waals surface area contributed by atoms with Crippen LogP contribution in [-0.2, 0) is 10.0 Å². The maximum Gasteiger partial charge on any atom is 0.317 e. The fraction of sp³-hybridized carbons (Fsp3) is 0.625. The summed E-state index contributed by atoms with van der Waals surface area (Å²) >= 11 is 0. The summed E-state index contributed by atoms with van der Waals surface area (Å²) in [6.45, 7) is 10.4. The van der Waals surface area contributed by atoms with Crippen molar-refractivity contribution in [2.45, 2.75) is 70.2 Å². The number of benzene rings is 1. The molecule has 2 rings (SSSR count). The van der Waals surface area contributed by atoms with Crippen molar-refractivity contribution in [1.82, 2.24) is 14.5 Å². The fourth-order valence-electron chi connectivity index (χ4n) is 3.46. The van der Waals surface area contributed by atoms with Crippen LogP contribution in [0.5, 0.6) is 5.75 Å². The van der Waals surface area contributed by atoms with E-state index in [1.54, 1.807) is 33.9 Å². The zero-order valence-corrected chi connectivity index (χ0v) is 21.8. The van der Waals surface area contributed by atoms with Crippen molar-refractivity contribution in [3.8, 4) is 17.6 Å². The number of fused-ring (bicyclic) bond motifs is 1. The average molecular weight is 496 g/mol. The second-order valence-corrected chi connectivity index (χ2v) is 11.6. The molecule has 0 aliphatic carbocycles. The number of nitrogens with zero attached hydrogens (tertiary/aromatic N) is 2. The molecule has 190 valence electrons. The summed E-state index contributed by atoms with van der Waals surface area (Å²) in [6.07, 6.45) is -0.525. The highest BCUT2D eigenvalue weighted by molar-refractivity contribution is 7.89. The van der Waals surface area contributed by atoms with Crippen molar-refractivity contribution in [2.24, 2.45) is 5.92 Å². The minimum absolute atomic E-state index is 0.0331. The number of nitrogens with one attached hydrogen (secondary N) is 1. The molecule has 0 bridgehead atoms. The van der Waals surface area contributed by atoms with Crippen LogP contribution in [0, 0.1) is 17.8 Å². The number of carbonyl (C=O) groups excluding carboxylic acids is 1. The Labute approximate surface area is 203 Å². The first-order valence-electron chi connectivity index (χ1n) is 11.4. The summed E-state index contributed by atoms with van der Waals surface area (Å²) in [5.74, 6) is 5.38. The van der Waals surface area contributed by atoms with Crippen molar-refractivity contribution in [3.63, 3.8) is 0 Å². The third-order valence-electron chi connectivity index (χ3n) is 5.39. The van der Waals surface area contributed by atoms with E-state index in [0.717, 1.165) is 0 Å². The molecule has 1 aromatic carbocycles. The van der Waals surface area contributed by atoms with Crippen molar-refractivity contribution >= 4 is 16.1 Å². The molecule has 34 heavy (non-hydrogen) atoms. The monoisotopic (exact) mass is 495 g/mol. The van der Waals surface area contributed by atoms with Gasteiger partial charge in [-0.25, -0.2) is 13.2 Å². The Balaban J connectivity index is 2.55. The third-order valence-corrected chi connectivity index (χ3v) is 7.41. The van der Waals surface area contributed by atoms with Crippen LogP contribution in [0.2, 0.25) is 0 Å². The predicted octanol–water partition coefficient (Wildman–Crippen LogP) is 1.63. The van der Waals surface area contributed by atoms with Crippen LogP contribution in [-0.4, -0.2) is 84.4 Å². The number of aliphatic hydroxyl groups excluding tert-OH is 1. The Morgan fingerprint density at radius 3 is 2.56 bits per heavy atom. The molecule has 1 aliphatic heterocycles. The maximum atomic E-state index is 13.5. The van der Waals surface area contributed by atoms with Crippen LogP contribution in [0.3, 0.4) is 0 Å². The molecule has 3 atom stereocenters. The van der Waals surface area contributed by atoms with Gasteiger partial charge in [-0.05, 0) is 52.8 Å². The largest absolute Gasteiger partial charge is 0.487 e. The second-order valence-electron chi connectivity index (χ2n) is 9.70. The number of amides is 2. The number of likely N-dealkylation sites (N-methyl/N-ethyl adjacent to an activating group) is 1. The molecule has 1 aromatic rings. The Bertz CT molecular complexity index is 1040. The van der Waals surface area contributed by atoms with Gasteiger partial charge in [-0.1, -0.05) is 18.8 Å². The number of carbonyl (C=O) groups is 1. The first kappa shape index (κ1) is 27.9. The molecule has 2 amide bonds. The maximum absolute atomic E-state index is 13.5. The SMILES string of the molecule is CC(C)NC(=O)N(C)C[C@H]1Oc2cc(C#CC(C)(C)O)ccc2S(=O)(=O)N([C@@H](C)CO)C[C@@H]1C. The zero-order chi connectivity index (χ0) is 25.8. The van der Waals surface area contributed by atoms with Crippen molar-refractivity contribution < 1.29 is 28.2 Å². The second kappa shape index (κ2) is 11.0. The standard InChI is InChI=1S/C24H37N3O6S/c1-16(2)25-23(29)26(7)14-21-17(3)13-27(18(4)15-28)34(31,32)22-9-8-19(12-20(22)33-21)10-11-24(5,6)30/h8-9,12,16-18,21,28,30H,13-15H2,1-7H3,(H,25,29)/t17-,18-,21+/m0/s1. The van der Waals surface area contributed by atoms with Gasteiger partial charge in [-0.2, -0.15) is 4.31 Å². The van der Waals surface area contributed by atoms with Crippen LogP contribution < -0.4 is 10.1 Å². The Morgan fingerprint density at radius 2 is 2.00 bits per heavy atom. The van der Waals surface area contributed by atoms with Crippen LogP contribution in [0.1, 0.15) is 47.1 Å². The van der Waals surface area contributed by atoms with E-state index >= 15 is 0 Å². The smallest absolute Gasteiger partial charge is 0.317 e. The number of urea groups is 1. The summed E-state index contributed by atoms with van der Waals surface area (Å²) in [6, 6.07) is 3.59. The molecule has 3 N–H and O–H groups in total. The van der Waals surface area contributed by atoms with Gasteiger partial charge in [0, 0.05) is 37.2 Å². The Hall–Kier alpha value is -2.32. The zero-order valence-electron chi connectivity index (χ0n) is 21.0. The normalized spacial score (nSPS) is 21.2. The molecule has 1 heterocycles. The van der Waals surface area contributed by atoms with Crippen LogP contribution in [0.15, 0.2) is 23.1 Å². The molecular formula is C24H37N3O6S. The molecule has 0 saturated carbocycles. The van der Waals surface area contributed by atoms with Gasteiger partial charge in [0.1, 0.15) is 22.4 Å². The first-order chi connectivity index (χ1) is 15.7. The lowest BCUT2D eigenvalue weighted by Gasteiger charge is -2.37. The van der Waals surface area contributed by atoms with Crippen molar-refractivity contribution in [2.75, 3.05) is 26.7 Å². The van der Waals surface area contributed by atoms with E-state index < -0.39 is 27.8 Å². The van der Waals surface area contributed by atoms with E-state index in [2.05, 4.69) is 17.2 Å². The van der Waals surface area contributed by atoms with Crippen LogP contribution >= 0.6 is 0 Å². The summed E-state index contributed by atoms with van der Waals surface area (Å²) < 4.78 is 34.5. The summed E-state index contributed by atoms with van der Waals surface area (Å²) in [5.41, 5.74) is -0.732. The van der Waals surface area contributed by atoms with E-state index in [4.69, 9.17) is 4.74 Å². The molecule has 0 fully saturated rings. The highest BCUT2D eigenvalue weighted by atomic mass is 32.2. The predicted molar refractivity (Wildman–Crippen MR) is 130 cm³/mol. The highest BCUT2D eigenvalue weighted by Crippen LogP contribution is 2.34. The van der Waals surface area contributed by atoms with Gasteiger partial charge in [0.2, 0.25) is 10.0 Å². The van der Waals surface area contributed by atoms with Gasteiger partial charge in [0.25, 0.3) is 0 Å². The van der Waals surface area contributed by atoms with E-state index in [1.807, 2.05) is 20.8 Å². The lowest BCUT2D eigenvalue weighted by atomic mass is 10.0.